The van der Waals surface area contributed by atoms with Crippen LogP contribution in [-0.2, 0) is 9.59 Å². The molecule has 8 heteroatoms. The highest BCUT2D eigenvalue weighted by Crippen LogP contribution is 2.36. The molecule has 0 aromatic heterocycles. The molecule has 0 unspecified atom stereocenters. The molecule has 1 amide bonds. The summed E-state index contributed by atoms with van der Waals surface area (Å²) in [6.45, 7) is 0. The highest BCUT2D eigenvalue weighted by atomic mass is 35.5. The Morgan fingerprint density at radius 1 is 1.14 bits per heavy atom. The highest BCUT2D eigenvalue weighted by Gasteiger charge is 2.33. The van der Waals surface area contributed by atoms with E-state index >= 15 is 0 Å². The first-order chi connectivity index (χ1) is 13.4. The van der Waals surface area contributed by atoms with Crippen LogP contribution in [0.3, 0.4) is 0 Å². The van der Waals surface area contributed by atoms with Crippen LogP contribution >= 0.6 is 23.2 Å². The molecule has 1 aliphatic heterocycles. The molecule has 0 fully saturated rings. The van der Waals surface area contributed by atoms with Crippen molar-refractivity contribution in [1.82, 2.24) is 5.01 Å². The van der Waals surface area contributed by atoms with Crippen LogP contribution in [0.5, 0.6) is 5.75 Å². The van der Waals surface area contributed by atoms with Crippen molar-refractivity contribution < 1.29 is 19.4 Å². The lowest BCUT2D eigenvalue weighted by Crippen LogP contribution is -2.27. The first kappa shape index (κ1) is 20.2. The van der Waals surface area contributed by atoms with Crippen LogP contribution in [0.4, 0.5) is 0 Å². The summed E-state index contributed by atoms with van der Waals surface area (Å²) in [7, 11) is 1.59. The first-order valence-corrected chi connectivity index (χ1v) is 9.35. The number of nitrogens with zero attached hydrogens (tertiary/aromatic N) is 2. The van der Waals surface area contributed by atoms with Crippen molar-refractivity contribution in [2.24, 2.45) is 5.10 Å². The van der Waals surface area contributed by atoms with Gasteiger partial charge in [0.15, 0.2) is 0 Å². The van der Waals surface area contributed by atoms with E-state index in [1.54, 1.807) is 25.3 Å². The molecule has 6 nitrogen and oxygen atoms in total. The van der Waals surface area contributed by atoms with E-state index < -0.39 is 5.97 Å². The number of methoxy groups -OCH3 is 1. The fourth-order valence-corrected chi connectivity index (χ4v) is 3.31. The molecule has 2 aromatic carbocycles. The molecule has 0 aliphatic carbocycles. The zero-order valence-corrected chi connectivity index (χ0v) is 16.6. The molecule has 0 bridgehead atoms. The van der Waals surface area contributed by atoms with Crippen molar-refractivity contribution in [3.05, 3.63) is 63.6 Å². The summed E-state index contributed by atoms with van der Waals surface area (Å²) in [5.41, 5.74) is 2.37. The molecule has 146 valence electrons. The second kappa shape index (κ2) is 8.63. The molecule has 0 saturated carbocycles. The zero-order valence-electron chi connectivity index (χ0n) is 15.1. The number of aliphatic carboxylic acids is 1. The van der Waals surface area contributed by atoms with Crippen LogP contribution in [0.15, 0.2) is 47.6 Å². The summed E-state index contributed by atoms with van der Waals surface area (Å²) in [5.74, 6) is -0.669. The normalized spacial score (nSPS) is 16.0. The van der Waals surface area contributed by atoms with Gasteiger partial charge in [-0.05, 0) is 47.5 Å². The zero-order chi connectivity index (χ0) is 20.3. The minimum atomic E-state index is -1.03. The average molecular weight is 421 g/mol. The predicted molar refractivity (Wildman–Crippen MR) is 107 cm³/mol. The van der Waals surface area contributed by atoms with Gasteiger partial charge >= 0.3 is 5.97 Å². The summed E-state index contributed by atoms with van der Waals surface area (Å²) in [6, 6.07) is 12.2. The summed E-state index contributed by atoms with van der Waals surface area (Å²) in [5, 5.41) is 15.5. The lowest BCUT2D eigenvalue weighted by Gasteiger charge is -2.22. The smallest absolute Gasteiger partial charge is 0.303 e. The van der Waals surface area contributed by atoms with Gasteiger partial charge in [-0.3, -0.25) is 9.59 Å². The Bertz CT molecular complexity index is 928. The molecule has 0 radical (unpaired) electrons. The molecule has 28 heavy (non-hydrogen) atoms. The summed E-state index contributed by atoms with van der Waals surface area (Å²) in [6.07, 6.45) is 0.0897. The minimum Gasteiger partial charge on any atom is -0.497 e. The topological polar surface area (TPSA) is 79.2 Å². The predicted octanol–water partition coefficient (Wildman–Crippen LogP) is 4.54. The van der Waals surface area contributed by atoms with Crippen molar-refractivity contribution in [1.29, 1.82) is 0 Å². The van der Waals surface area contributed by atoms with Crippen LogP contribution in [0.25, 0.3) is 0 Å². The third-order valence-electron chi connectivity index (χ3n) is 4.47. The number of benzene rings is 2. The lowest BCUT2D eigenvalue weighted by molar-refractivity contribution is -0.141. The number of rotatable bonds is 6. The Labute approximate surface area is 172 Å². The highest BCUT2D eigenvalue weighted by molar-refractivity contribution is 6.42. The quantitative estimate of drug-likeness (QED) is 0.743. The number of carboxylic acids is 1. The van der Waals surface area contributed by atoms with Crippen LogP contribution < -0.4 is 4.74 Å². The Morgan fingerprint density at radius 3 is 2.46 bits per heavy atom. The Balaban J connectivity index is 1.92. The number of hydrogen-bond donors (Lipinski definition) is 1. The largest absolute Gasteiger partial charge is 0.497 e. The molecule has 1 aliphatic rings. The number of carbonyl (C=O) groups excluding carboxylic acids is 1. The molecular weight excluding hydrogens is 403 g/mol. The summed E-state index contributed by atoms with van der Waals surface area (Å²) in [4.78, 5) is 23.5. The fourth-order valence-electron chi connectivity index (χ4n) is 3.01. The average Bonchev–Trinajstić information content (AvgIpc) is 3.13. The van der Waals surface area contributed by atoms with Crippen LogP contribution in [0, 0.1) is 0 Å². The lowest BCUT2D eigenvalue weighted by atomic mass is 9.98. The third-order valence-corrected chi connectivity index (χ3v) is 5.21. The second-order valence-corrected chi connectivity index (χ2v) is 7.12. The van der Waals surface area contributed by atoms with Gasteiger partial charge < -0.3 is 9.84 Å². The number of carbonyl (C=O) groups is 2. The number of amides is 1. The van der Waals surface area contributed by atoms with Gasteiger partial charge in [0.1, 0.15) is 5.75 Å². The Kier molecular flexibility index (Phi) is 6.21. The van der Waals surface area contributed by atoms with E-state index in [1.165, 1.54) is 5.01 Å². The summed E-state index contributed by atoms with van der Waals surface area (Å²) >= 11 is 12.2. The van der Waals surface area contributed by atoms with E-state index in [4.69, 9.17) is 33.0 Å². The van der Waals surface area contributed by atoms with Gasteiger partial charge in [-0.1, -0.05) is 29.3 Å². The third kappa shape index (κ3) is 4.46. The molecule has 3 rings (SSSR count). The molecule has 0 saturated heterocycles. The van der Waals surface area contributed by atoms with Crippen molar-refractivity contribution in [3.8, 4) is 5.75 Å². The van der Waals surface area contributed by atoms with E-state index in [9.17, 15) is 9.59 Å². The van der Waals surface area contributed by atoms with Crippen LogP contribution in [0.2, 0.25) is 10.0 Å². The van der Waals surface area contributed by atoms with Crippen molar-refractivity contribution in [2.45, 2.75) is 25.3 Å². The fraction of sp³-hybridized carbons (Fsp3) is 0.250. The second-order valence-electron chi connectivity index (χ2n) is 6.30. The van der Waals surface area contributed by atoms with Crippen LogP contribution in [-0.4, -0.2) is 34.8 Å². The number of ether oxygens (including phenoxy) is 1. The van der Waals surface area contributed by atoms with Gasteiger partial charge in [-0.15, -0.1) is 0 Å². The van der Waals surface area contributed by atoms with Gasteiger partial charge in [0.2, 0.25) is 5.91 Å². The molecule has 0 spiro atoms. The maximum absolute atomic E-state index is 12.6. The summed E-state index contributed by atoms with van der Waals surface area (Å²) < 4.78 is 5.17. The van der Waals surface area contributed by atoms with Gasteiger partial charge in [0.05, 0.1) is 35.3 Å². The maximum atomic E-state index is 12.6. The van der Waals surface area contributed by atoms with Gasteiger partial charge in [0, 0.05) is 12.8 Å². The number of halogens is 2. The van der Waals surface area contributed by atoms with Gasteiger partial charge in [0.25, 0.3) is 0 Å². The monoisotopic (exact) mass is 420 g/mol. The molecular formula is C20H18Cl2N2O4. The molecule has 1 heterocycles. The molecule has 2 aromatic rings. The Morgan fingerprint density at radius 2 is 1.86 bits per heavy atom. The van der Waals surface area contributed by atoms with E-state index in [0.29, 0.717) is 16.5 Å². The van der Waals surface area contributed by atoms with E-state index in [2.05, 4.69) is 5.10 Å². The molecule has 1 atom stereocenters. The van der Waals surface area contributed by atoms with E-state index in [0.717, 1.165) is 22.6 Å². The molecule has 1 N–H and O–H groups in total. The Hall–Kier alpha value is -2.57. The van der Waals surface area contributed by atoms with Crippen molar-refractivity contribution >= 4 is 40.8 Å². The number of carboxylic acid groups (broad SMARTS) is 1. The van der Waals surface area contributed by atoms with E-state index in [-0.39, 0.29) is 24.8 Å². The first-order valence-electron chi connectivity index (χ1n) is 8.59. The van der Waals surface area contributed by atoms with Crippen molar-refractivity contribution in [3.63, 3.8) is 0 Å². The minimum absolute atomic E-state index is 0.132. The number of hydrogen-bond acceptors (Lipinski definition) is 4. The van der Waals surface area contributed by atoms with Gasteiger partial charge in [-0.25, -0.2) is 5.01 Å². The SMILES string of the molecule is COc1ccc(C2=NN(C(=O)CCC(=O)O)[C@@H](c3ccc(Cl)c(Cl)c3)C2)cc1. The van der Waals surface area contributed by atoms with Gasteiger partial charge in [-0.2, -0.15) is 5.10 Å². The standard InChI is InChI=1S/C20H18Cl2N2O4/c1-28-14-5-2-12(3-6-14)17-11-18(13-4-7-15(21)16(22)10-13)24(23-17)19(25)8-9-20(26)27/h2-7,10,18H,8-9,11H2,1H3,(H,26,27)/t18-/m1/s1. The van der Waals surface area contributed by atoms with Crippen LogP contribution in [0.1, 0.15) is 36.4 Å². The maximum Gasteiger partial charge on any atom is 0.303 e. The van der Waals surface area contributed by atoms with E-state index in [1.807, 2.05) is 24.3 Å². The number of hydrazone groups is 1. The van der Waals surface area contributed by atoms with Crippen molar-refractivity contribution in [2.75, 3.05) is 7.11 Å².